The second kappa shape index (κ2) is 8.10. The van der Waals surface area contributed by atoms with Gasteiger partial charge in [0.25, 0.3) is 0 Å². The van der Waals surface area contributed by atoms with Crippen LogP contribution in [-0.2, 0) is 0 Å². The first-order valence-electron chi connectivity index (χ1n) is 10.6. The number of fused-ring (bicyclic) bond motifs is 3. The summed E-state index contributed by atoms with van der Waals surface area (Å²) >= 11 is 7.36. The standard InChI is InChI=1S/C26H24Br2N2O/c1-15(2)17-8-10-19(11-9-17)26-30-24(21-12-20(27)13-22(28)25(21)31-26)14-23(29-30)18-6-4-16(3)5-7-18/h4-13,15,24,26H,14H2,1-3H3. The summed E-state index contributed by atoms with van der Waals surface area (Å²) in [5.74, 6) is 1.40. The van der Waals surface area contributed by atoms with Gasteiger partial charge >= 0.3 is 0 Å². The van der Waals surface area contributed by atoms with Crippen molar-refractivity contribution in [1.29, 1.82) is 0 Å². The van der Waals surface area contributed by atoms with Gasteiger partial charge in [-0.05, 0) is 52.0 Å². The molecule has 2 unspecified atom stereocenters. The molecule has 0 aromatic heterocycles. The molecule has 0 bridgehead atoms. The number of halogens is 2. The van der Waals surface area contributed by atoms with Crippen LogP contribution in [0.5, 0.6) is 5.75 Å². The molecule has 0 fully saturated rings. The van der Waals surface area contributed by atoms with E-state index in [2.05, 4.69) is 112 Å². The van der Waals surface area contributed by atoms with Gasteiger partial charge in [-0.2, -0.15) is 5.10 Å². The van der Waals surface area contributed by atoms with Crippen LogP contribution in [0.4, 0.5) is 0 Å². The van der Waals surface area contributed by atoms with Gasteiger partial charge < -0.3 is 4.74 Å². The molecule has 3 aromatic rings. The van der Waals surface area contributed by atoms with E-state index in [0.29, 0.717) is 5.92 Å². The molecule has 0 amide bonds. The lowest BCUT2D eigenvalue weighted by molar-refractivity contribution is -0.0197. The van der Waals surface area contributed by atoms with Crippen LogP contribution >= 0.6 is 31.9 Å². The van der Waals surface area contributed by atoms with Crippen LogP contribution < -0.4 is 4.74 Å². The Morgan fingerprint density at radius 3 is 2.39 bits per heavy atom. The molecule has 0 spiro atoms. The molecule has 31 heavy (non-hydrogen) atoms. The molecule has 0 aliphatic carbocycles. The zero-order chi connectivity index (χ0) is 21.7. The van der Waals surface area contributed by atoms with Crippen LogP contribution in [-0.4, -0.2) is 10.7 Å². The van der Waals surface area contributed by atoms with Crippen molar-refractivity contribution in [2.24, 2.45) is 5.10 Å². The predicted molar refractivity (Wildman–Crippen MR) is 133 cm³/mol. The molecule has 5 rings (SSSR count). The van der Waals surface area contributed by atoms with E-state index >= 15 is 0 Å². The highest BCUT2D eigenvalue weighted by atomic mass is 79.9. The van der Waals surface area contributed by atoms with Crippen LogP contribution in [0.25, 0.3) is 0 Å². The first-order valence-corrected chi connectivity index (χ1v) is 12.2. The summed E-state index contributed by atoms with van der Waals surface area (Å²) in [5, 5.41) is 7.22. The Morgan fingerprint density at radius 1 is 1.00 bits per heavy atom. The number of hydrazone groups is 1. The van der Waals surface area contributed by atoms with Crippen molar-refractivity contribution in [1.82, 2.24) is 5.01 Å². The predicted octanol–water partition coefficient (Wildman–Crippen LogP) is 7.89. The number of benzene rings is 3. The Labute approximate surface area is 200 Å². The van der Waals surface area contributed by atoms with E-state index in [1.807, 2.05) is 6.07 Å². The minimum absolute atomic E-state index is 0.128. The molecule has 2 aliphatic rings. The third kappa shape index (κ3) is 3.83. The topological polar surface area (TPSA) is 24.8 Å². The van der Waals surface area contributed by atoms with Crippen LogP contribution in [0.2, 0.25) is 0 Å². The Morgan fingerprint density at radius 2 is 1.71 bits per heavy atom. The van der Waals surface area contributed by atoms with Crippen molar-refractivity contribution >= 4 is 37.6 Å². The minimum atomic E-state index is -0.265. The highest BCUT2D eigenvalue weighted by molar-refractivity contribution is 9.11. The summed E-state index contributed by atoms with van der Waals surface area (Å²) in [5.41, 5.74) is 7.12. The summed E-state index contributed by atoms with van der Waals surface area (Å²) in [6.45, 7) is 6.54. The molecule has 2 heterocycles. The molecular weight excluding hydrogens is 516 g/mol. The third-order valence-electron chi connectivity index (χ3n) is 6.08. The van der Waals surface area contributed by atoms with Crippen molar-refractivity contribution in [3.8, 4) is 5.75 Å². The minimum Gasteiger partial charge on any atom is -0.463 e. The van der Waals surface area contributed by atoms with Gasteiger partial charge in [0.2, 0.25) is 6.23 Å². The summed E-state index contributed by atoms with van der Waals surface area (Å²) in [7, 11) is 0. The fourth-order valence-electron chi connectivity index (χ4n) is 4.30. The summed E-state index contributed by atoms with van der Waals surface area (Å²) in [4.78, 5) is 0. The molecular formula is C26H24Br2N2O. The molecule has 0 saturated heterocycles. The van der Waals surface area contributed by atoms with Gasteiger partial charge in [0.15, 0.2) is 0 Å². The first-order chi connectivity index (χ1) is 14.9. The van der Waals surface area contributed by atoms with Crippen molar-refractivity contribution in [3.63, 3.8) is 0 Å². The maximum Gasteiger partial charge on any atom is 0.213 e. The van der Waals surface area contributed by atoms with Gasteiger partial charge in [-0.25, -0.2) is 5.01 Å². The maximum absolute atomic E-state index is 6.57. The summed E-state index contributed by atoms with van der Waals surface area (Å²) < 4.78 is 8.57. The smallest absolute Gasteiger partial charge is 0.213 e. The molecule has 2 aliphatic heterocycles. The van der Waals surface area contributed by atoms with E-state index in [-0.39, 0.29) is 12.3 Å². The highest BCUT2D eigenvalue weighted by Gasteiger charge is 2.41. The lowest BCUT2D eigenvalue weighted by Crippen LogP contribution is -2.34. The van der Waals surface area contributed by atoms with E-state index in [4.69, 9.17) is 9.84 Å². The van der Waals surface area contributed by atoms with E-state index in [1.54, 1.807) is 0 Å². The van der Waals surface area contributed by atoms with Gasteiger partial charge in [-0.1, -0.05) is 83.9 Å². The molecule has 3 nitrogen and oxygen atoms in total. The van der Waals surface area contributed by atoms with Gasteiger partial charge in [0.05, 0.1) is 16.2 Å². The second-order valence-corrected chi connectivity index (χ2v) is 10.4. The van der Waals surface area contributed by atoms with Crippen LogP contribution in [0.15, 0.2) is 74.7 Å². The van der Waals surface area contributed by atoms with Gasteiger partial charge in [-0.15, -0.1) is 0 Å². The lowest BCUT2D eigenvalue weighted by atomic mass is 9.95. The normalized spacial score (nSPS) is 19.7. The molecule has 0 saturated carbocycles. The first kappa shape index (κ1) is 20.8. The van der Waals surface area contributed by atoms with Crippen LogP contribution in [0.1, 0.15) is 66.3 Å². The van der Waals surface area contributed by atoms with Crippen molar-refractivity contribution in [3.05, 3.63) is 97.4 Å². The molecule has 0 N–H and O–H groups in total. The molecule has 0 radical (unpaired) electrons. The van der Waals surface area contributed by atoms with Crippen LogP contribution in [0, 0.1) is 6.92 Å². The zero-order valence-corrected chi connectivity index (χ0v) is 20.9. The summed E-state index contributed by atoms with van der Waals surface area (Å²) in [6, 6.07) is 21.7. The highest BCUT2D eigenvalue weighted by Crippen LogP contribution is 2.50. The quantitative estimate of drug-likeness (QED) is 0.338. The fraction of sp³-hybridized carbons (Fsp3) is 0.269. The van der Waals surface area contributed by atoms with E-state index in [0.717, 1.165) is 38.0 Å². The van der Waals surface area contributed by atoms with Crippen molar-refractivity contribution in [2.45, 2.75) is 45.4 Å². The number of aryl methyl sites for hydroxylation is 1. The largest absolute Gasteiger partial charge is 0.463 e. The maximum atomic E-state index is 6.57. The Balaban J connectivity index is 1.59. The molecule has 2 atom stereocenters. The second-order valence-electron chi connectivity index (χ2n) is 8.61. The lowest BCUT2D eigenvalue weighted by Gasteiger charge is -2.38. The molecule has 3 aromatic carbocycles. The fourth-order valence-corrected chi connectivity index (χ4v) is 5.65. The SMILES string of the molecule is Cc1ccc(C2=NN3C(C2)c2cc(Br)cc(Br)c2OC3c2ccc(C(C)C)cc2)cc1. The van der Waals surface area contributed by atoms with E-state index < -0.39 is 0 Å². The Hall–Kier alpha value is -2.11. The Kier molecular flexibility index (Phi) is 5.43. The van der Waals surface area contributed by atoms with Crippen molar-refractivity contribution in [2.75, 3.05) is 0 Å². The van der Waals surface area contributed by atoms with Crippen molar-refractivity contribution < 1.29 is 4.74 Å². The number of hydrogen-bond donors (Lipinski definition) is 0. The number of rotatable bonds is 3. The Bertz CT molecular complexity index is 1150. The number of ether oxygens (including phenoxy) is 1. The third-order valence-corrected chi connectivity index (χ3v) is 7.13. The molecule has 5 heteroatoms. The van der Waals surface area contributed by atoms with E-state index in [9.17, 15) is 0 Å². The number of nitrogens with zero attached hydrogens (tertiary/aromatic N) is 2. The molecule has 158 valence electrons. The van der Waals surface area contributed by atoms with Crippen LogP contribution in [0.3, 0.4) is 0 Å². The van der Waals surface area contributed by atoms with Gasteiger partial charge in [0.1, 0.15) is 5.75 Å². The summed E-state index contributed by atoms with van der Waals surface area (Å²) in [6.07, 6.45) is 0.585. The van der Waals surface area contributed by atoms with Gasteiger partial charge in [0, 0.05) is 22.0 Å². The number of hydrogen-bond acceptors (Lipinski definition) is 3. The van der Waals surface area contributed by atoms with Gasteiger partial charge in [-0.3, -0.25) is 0 Å². The zero-order valence-electron chi connectivity index (χ0n) is 17.8. The average Bonchev–Trinajstić information content (AvgIpc) is 3.19. The van der Waals surface area contributed by atoms with E-state index in [1.165, 1.54) is 16.7 Å². The monoisotopic (exact) mass is 538 g/mol. The average molecular weight is 540 g/mol.